The standard InChI is InChI=1S/12C10H17NO/c12*1-7-5-6-8(9(12)11-7)10(2,3)4/h12*8H,1,5-6H2,2-4H3,(H,11,12)/i2*5D2,6D2,8D;5D2,6D,8D;5D,6D2,8D;5D,6D;6D2;2*6D;5D2;5D;;/hD5. The van der Waals surface area contributed by atoms with Crippen LogP contribution in [0.4, 0.5) is 0 Å². The average Bonchev–Trinajstić information content (AvgIpc) is 0.703. The van der Waals surface area contributed by atoms with Crippen LogP contribution in [0.2, 0.25) is 7.06 Å². The number of carbonyl (C=O) groups excluding carboxylic acids is 12. The van der Waals surface area contributed by atoms with Crippen LogP contribution in [0.1, 0.15) is 440 Å². The van der Waals surface area contributed by atoms with E-state index in [0.717, 1.165) is 42.0 Å². The Hall–Kier alpha value is -9.48. The molecule has 12 heterocycles. The molecular weight excluding hydrogens is 1800 g/mol. The van der Waals surface area contributed by atoms with Crippen molar-refractivity contribution in [1.82, 2.24) is 63.8 Å². The zero-order valence-corrected chi connectivity index (χ0v) is 94.1. The summed E-state index contributed by atoms with van der Waals surface area (Å²) in [6, 6.07) is 0. The van der Waals surface area contributed by atoms with Crippen molar-refractivity contribution < 1.29 is 102 Å². The Morgan fingerprint density at radius 1 is 0.194 bits per heavy atom. The van der Waals surface area contributed by atoms with Gasteiger partial charge in [-0.25, -0.2) is 0 Å². The number of amides is 12. The second-order valence-electron chi connectivity index (χ2n) is 50.0. The van der Waals surface area contributed by atoms with Crippen LogP contribution in [0.15, 0.2) is 147 Å². The molecule has 144 heavy (non-hydrogen) atoms. The number of allylic oxidation sites excluding steroid dienone is 12. The third-order valence-corrected chi connectivity index (χ3v) is 23.6. The maximum atomic E-state index is 12.1. The summed E-state index contributed by atoms with van der Waals surface area (Å²) in [6.45, 7) is 108. The molecule has 0 aromatic heterocycles. The van der Waals surface area contributed by atoms with Gasteiger partial charge in [0.1, 0.15) is 0 Å². The topological polar surface area (TPSA) is 349 Å². The zero-order chi connectivity index (χ0) is 141. The summed E-state index contributed by atoms with van der Waals surface area (Å²) in [5, 5.41) is 20.8. The summed E-state index contributed by atoms with van der Waals surface area (Å²) in [7, 11) is 0. The van der Waals surface area contributed by atoms with E-state index in [2.05, 4.69) is 137 Å². The molecule has 816 valence electrons. The van der Waals surface area contributed by atoms with E-state index >= 15 is 0 Å². The molecule has 0 aromatic rings. The number of carbonyl (C=O) groups is 12. The molecule has 19 unspecified atom stereocenters. The van der Waals surface area contributed by atoms with Crippen molar-refractivity contribution in [2.45, 2.75) is 403 Å². The smallest absolute Gasteiger partial charge is 0.227 e. The predicted molar refractivity (Wildman–Crippen MR) is 594 cm³/mol. The van der Waals surface area contributed by atoms with Gasteiger partial charge in [-0.3, -0.25) is 57.5 Å². The minimum Gasteiger partial charge on any atom is -0.330 e. The summed E-state index contributed by atoms with van der Waals surface area (Å²) in [4.78, 5) is 141. The minimum absolute atomic E-state index is 0.0148. The third-order valence-electron chi connectivity index (χ3n) is 23.6. The molecule has 0 spiro atoms. The molecule has 0 radical (unpaired) electrons. The first-order valence-electron chi connectivity index (χ1n) is 65.3. The van der Waals surface area contributed by atoms with Gasteiger partial charge in [-0.1, -0.05) is 328 Å². The van der Waals surface area contributed by atoms with Gasteiger partial charge in [-0.05, 0) is 219 Å². The molecule has 0 saturated carbocycles. The van der Waals surface area contributed by atoms with E-state index in [4.69, 9.17) is 44.1 Å². The fourth-order valence-corrected chi connectivity index (χ4v) is 15.0. The van der Waals surface area contributed by atoms with Gasteiger partial charge < -0.3 is 63.8 Å². The van der Waals surface area contributed by atoms with Crippen LogP contribution < -0.4 is 63.8 Å². The normalized spacial score (nSPS) is 37.4. The van der Waals surface area contributed by atoms with Crippen LogP contribution >= 0.6 is 0 Å². The molecule has 12 aliphatic heterocycles. The molecular formula is C120H204N12O12. The van der Waals surface area contributed by atoms with E-state index < -0.39 is 175 Å². The van der Waals surface area contributed by atoms with Crippen LogP contribution in [0.3, 0.4) is 0 Å². The van der Waals surface area contributed by atoms with Crippen LogP contribution in [0, 0.1) is 136 Å². The van der Waals surface area contributed by atoms with Gasteiger partial charge in [0.05, 0.1) is 0 Å². The Labute approximate surface area is 919 Å². The van der Waals surface area contributed by atoms with Gasteiger partial charge in [-0.2, -0.15) is 0 Å². The Balaban J connectivity index is 0.000000962. The van der Waals surface area contributed by atoms with E-state index in [0.29, 0.717) is 64.1 Å². The van der Waals surface area contributed by atoms with Gasteiger partial charge in [0.2, 0.25) is 70.9 Å². The van der Waals surface area contributed by atoms with Crippen LogP contribution in [-0.2, 0) is 57.5 Å². The number of hydrogen-bond donors (Lipinski definition) is 12. The molecule has 12 N–H and O–H groups in total. The van der Waals surface area contributed by atoms with E-state index in [9.17, 15) is 57.5 Å². The van der Waals surface area contributed by atoms with Crippen molar-refractivity contribution in [2.75, 3.05) is 0 Å². The minimum atomic E-state index is -2.77. The number of piperidine rings is 12. The molecule has 12 fully saturated rings. The molecule has 24 nitrogen and oxygen atoms in total. The fourth-order valence-electron chi connectivity index (χ4n) is 15.0. The first kappa shape index (κ1) is 86.5. The van der Waals surface area contributed by atoms with Crippen molar-refractivity contribution >= 4 is 70.9 Å². The lowest BCUT2D eigenvalue weighted by Crippen LogP contribution is -2.41. The second-order valence-corrected chi connectivity index (χ2v) is 50.0. The van der Waals surface area contributed by atoms with Crippen LogP contribution in [-0.4, -0.2) is 70.9 Å². The first-order chi connectivity index (χ1) is 77.5. The molecule has 12 rings (SSSR count). The Morgan fingerprint density at radius 3 is 0.861 bits per heavy atom. The Bertz CT molecular complexity index is 6150. The summed E-state index contributed by atoms with van der Waals surface area (Å²) in [5.41, 5.74) is -2.88. The predicted octanol–water partition coefficient (Wildman–Crippen LogP) is 24.9. The molecule has 12 aliphatic rings. The lowest BCUT2D eigenvalue weighted by Gasteiger charge is -2.33. The van der Waals surface area contributed by atoms with Crippen molar-refractivity contribution in [3.63, 3.8) is 0 Å². The molecule has 0 aliphatic carbocycles. The highest BCUT2D eigenvalue weighted by Gasteiger charge is 2.44. The molecule has 0 aromatic carbocycles. The van der Waals surface area contributed by atoms with Gasteiger partial charge in [-0.15, -0.1) is 0 Å². The average molecular weight is 2040 g/mol. The van der Waals surface area contributed by atoms with Crippen molar-refractivity contribution in [3.05, 3.63) is 147 Å². The quantitative estimate of drug-likeness (QED) is 0.108. The zero-order valence-electron chi connectivity index (χ0n) is 126. The highest BCUT2D eigenvalue weighted by Crippen LogP contribution is 2.43. The summed E-state index contributed by atoms with van der Waals surface area (Å²) in [6.07, 6.45) is -18.4. The summed E-state index contributed by atoms with van der Waals surface area (Å²) >= 11 is 0. The molecule has 24 heteroatoms. The maximum Gasteiger partial charge on any atom is 0.227 e. The molecule has 12 saturated heterocycles. The van der Waals surface area contributed by atoms with Crippen molar-refractivity contribution in [2.24, 2.45) is 136 Å². The SMILES string of the molecule is C=C1CCC(C(C)(C)C)C(=O)N1.[2H]C1([2H])C(=C)NC(=O)C([2H])(C(C)(C)C)C1([2H])[2H].[2H]C1([2H])CC(=C)NC(=O)C1C(C)(C)C.[2H]C1([2H])CC(C(C)(C)C)C(=O)NC1=C.[2H]C1C(=C)N([2H])C(=O)C([2H])(C(C)(C)C)C1([2H])[2H].[2H]C1C(=C)NC(=O)C(C(C)(C)C)C1[2H].[2H]C1C([2H])([2H])C(=C)N([2H])C(=O)C1([2H])C(C)(C)C.[2H]C1CC(=C)N([2H])C(=O)C1C(C)(C)C.[2H]C1CC(=C)NC(=O)C1C(C)(C)C.[2H]C1CC(C(C)(C)C)C(=O)NC1=C.[2H]N1C(=C)C([2H])([2H])C([2H])([2H])C([2H])(C(C)(C)C)C1=O.[2H]N1C(=C)CCC(C(C)(C)C)C1=O. The highest BCUT2D eigenvalue weighted by molar-refractivity contribution is 5.88. The third kappa shape index (κ3) is 48.0. The van der Waals surface area contributed by atoms with Crippen LogP contribution in [0.25, 0.3) is 0 Å². The van der Waals surface area contributed by atoms with Crippen molar-refractivity contribution in [3.8, 4) is 0 Å². The number of hydrogen-bond acceptors (Lipinski definition) is 12. The van der Waals surface area contributed by atoms with Gasteiger partial charge in [0, 0.05) is 176 Å². The van der Waals surface area contributed by atoms with Gasteiger partial charge >= 0.3 is 0 Å². The number of nitrogens with one attached hydrogen (secondary N) is 12. The summed E-state index contributed by atoms with van der Waals surface area (Å²) < 4.78 is 249. The molecule has 0 bridgehead atoms. The van der Waals surface area contributed by atoms with E-state index in [-0.39, 0.29) is 174 Å². The van der Waals surface area contributed by atoms with Gasteiger partial charge in [0.25, 0.3) is 0 Å². The lowest BCUT2D eigenvalue weighted by molar-refractivity contribution is -0.129. The monoisotopic (exact) mass is 2040 g/mol. The van der Waals surface area contributed by atoms with Gasteiger partial charge in [0.15, 0.2) is 7.06 Å². The Morgan fingerprint density at radius 2 is 0.451 bits per heavy atom. The number of rotatable bonds is 0. The maximum absolute atomic E-state index is 12.1. The molecule has 12 amide bonds. The van der Waals surface area contributed by atoms with E-state index in [1.807, 2.05) is 145 Å². The van der Waals surface area contributed by atoms with Crippen molar-refractivity contribution in [1.29, 1.82) is 0 Å². The van der Waals surface area contributed by atoms with E-state index in [1.165, 1.54) is 20.8 Å². The highest BCUT2D eigenvalue weighted by atomic mass is 16.2. The summed E-state index contributed by atoms with van der Waals surface area (Å²) in [5.74, 6) is -15.4. The van der Waals surface area contributed by atoms with Crippen LogP contribution in [0.5, 0.6) is 0 Å². The largest absolute Gasteiger partial charge is 0.330 e. The fraction of sp³-hybridized carbons (Fsp3) is 0.700. The molecule has 19 atom stereocenters. The van der Waals surface area contributed by atoms with E-state index in [1.54, 1.807) is 62.3 Å². The first-order valence-corrected chi connectivity index (χ1v) is 49.0. The lowest BCUT2D eigenvalue weighted by atomic mass is 9.76. The second kappa shape index (κ2) is 55.0. The Kier molecular flexibility index (Phi) is 33.0.